The predicted octanol–water partition coefficient (Wildman–Crippen LogP) is 11.9. The third-order valence-corrected chi connectivity index (χ3v) is 9.70. The van der Waals surface area contributed by atoms with Crippen LogP contribution < -0.4 is 0 Å². The van der Waals surface area contributed by atoms with Crippen LogP contribution in [0, 0.1) is 0 Å². The lowest BCUT2D eigenvalue weighted by Crippen LogP contribution is -1.95. The number of aromatic nitrogens is 2. The fourth-order valence-corrected chi connectivity index (χ4v) is 7.60. The van der Waals surface area contributed by atoms with Crippen molar-refractivity contribution in [2.75, 3.05) is 0 Å². The Balaban J connectivity index is 1.10. The van der Waals surface area contributed by atoms with Crippen LogP contribution in [0.15, 0.2) is 170 Å². The minimum atomic E-state index is 1.17. The molecule has 10 rings (SSSR count). The lowest BCUT2D eigenvalue weighted by Gasteiger charge is -2.12. The van der Waals surface area contributed by atoms with E-state index in [1.54, 1.807) is 0 Å². The van der Waals surface area contributed by atoms with Crippen molar-refractivity contribution in [3.05, 3.63) is 170 Å². The van der Waals surface area contributed by atoms with Gasteiger partial charge in [-0.2, -0.15) is 0 Å². The second-order valence-electron chi connectivity index (χ2n) is 12.2. The second kappa shape index (κ2) is 9.69. The van der Waals surface area contributed by atoms with Gasteiger partial charge in [0.1, 0.15) is 0 Å². The summed E-state index contributed by atoms with van der Waals surface area (Å²) in [7, 11) is 0. The fraction of sp³-hybridized carbons (Fsp3) is 0. The molecule has 0 atom stereocenters. The van der Waals surface area contributed by atoms with Crippen molar-refractivity contribution in [1.29, 1.82) is 0 Å². The van der Waals surface area contributed by atoms with Gasteiger partial charge in [0.15, 0.2) is 0 Å². The predicted molar refractivity (Wildman–Crippen MR) is 196 cm³/mol. The first-order valence-electron chi connectivity index (χ1n) is 15.9. The topological polar surface area (TPSA) is 9.86 Å². The van der Waals surface area contributed by atoms with Gasteiger partial charge in [-0.05, 0) is 58.3 Å². The zero-order valence-electron chi connectivity index (χ0n) is 25.1. The van der Waals surface area contributed by atoms with Gasteiger partial charge < -0.3 is 9.13 Å². The molecule has 0 aliphatic carbocycles. The highest BCUT2D eigenvalue weighted by atomic mass is 15.0. The van der Waals surface area contributed by atoms with Gasteiger partial charge in [-0.15, -0.1) is 0 Å². The fourth-order valence-electron chi connectivity index (χ4n) is 7.60. The standard InChI is InChI=1S/C44H28N2/c1-3-11-35-31(9-1)21-27-39-37-13-5-7-15-41(37)45(43(35)39)33-23-17-29(18-24-33)30-19-25-34(26-20-30)46-42-16-8-6-14-38(42)40-28-22-32-10-2-4-12-36(32)44(40)46/h1-28H. The Labute approximate surface area is 266 Å². The zero-order chi connectivity index (χ0) is 30.2. The number of nitrogens with zero attached hydrogens (tertiary/aromatic N) is 2. The van der Waals surface area contributed by atoms with Crippen LogP contribution in [0.2, 0.25) is 0 Å². The summed E-state index contributed by atoms with van der Waals surface area (Å²) in [6.07, 6.45) is 0. The van der Waals surface area contributed by atoms with Gasteiger partial charge in [-0.1, -0.05) is 133 Å². The number of fused-ring (bicyclic) bond motifs is 10. The molecule has 0 radical (unpaired) electrons. The second-order valence-corrected chi connectivity index (χ2v) is 12.2. The molecule has 0 aliphatic rings. The number of rotatable bonds is 3. The number of hydrogen-bond donors (Lipinski definition) is 0. The van der Waals surface area contributed by atoms with Crippen LogP contribution in [0.5, 0.6) is 0 Å². The Kier molecular flexibility index (Phi) is 5.31. The number of hydrogen-bond acceptors (Lipinski definition) is 0. The molecule has 2 aromatic heterocycles. The molecule has 0 saturated carbocycles. The van der Waals surface area contributed by atoms with Gasteiger partial charge in [0.25, 0.3) is 0 Å². The van der Waals surface area contributed by atoms with Gasteiger partial charge in [0, 0.05) is 43.7 Å². The summed E-state index contributed by atoms with van der Waals surface area (Å²) in [5, 5.41) is 10.2. The highest BCUT2D eigenvalue weighted by Crippen LogP contribution is 2.38. The van der Waals surface area contributed by atoms with Gasteiger partial charge >= 0.3 is 0 Å². The first-order chi connectivity index (χ1) is 22.8. The normalized spacial score (nSPS) is 11.9. The highest BCUT2D eigenvalue weighted by Gasteiger charge is 2.16. The lowest BCUT2D eigenvalue weighted by atomic mass is 10.0. The maximum absolute atomic E-state index is 2.42. The zero-order valence-corrected chi connectivity index (χ0v) is 25.1. The van der Waals surface area contributed by atoms with Gasteiger partial charge in [-0.3, -0.25) is 0 Å². The molecule has 0 N–H and O–H groups in total. The molecule has 46 heavy (non-hydrogen) atoms. The Morgan fingerprint density at radius 3 is 1.07 bits per heavy atom. The molecule has 2 heteroatoms. The van der Waals surface area contributed by atoms with E-state index in [4.69, 9.17) is 0 Å². The molecule has 0 aliphatic heterocycles. The SMILES string of the molecule is c1ccc2c(c1)ccc1c3ccccc3n(-c3ccc(-c4ccc(-n5c6ccccc6c6ccc7ccccc7c65)cc4)cc3)c21. The Morgan fingerprint density at radius 2 is 0.630 bits per heavy atom. The minimum absolute atomic E-state index is 1.17. The molecule has 8 aromatic carbocycles. The summed E-state index contributed by atoms with van der Waals surface area (Å²) in [4.78, 5) is 0. The van der Waals surface area contributed by atoms with E-state index < -0.39 is 0 Å². The molecular formula is C44H28N2. The molecule has 0 bridgehead atoms. The van der Waals surface area contributed by atoms with Crippen LogP contribution in [-0.2, 0) is 0 Å². The third kappa shape index (κ3) is 3.59. The Morgan fingerprint density at radius 1 is 0.261 bits per heavy atom. The first kappa shape index (κ1) is 25.2. The molecule has 0 fully saturated rings. The van der Waals surface area contributed by atoms with Crippen LogP contribution in [-0.4, -0.2) is 9.13 Å². The van der Waals surface area contributed by atoms with E-state index in [1.165, 1.54) is 87.7 Å². The van der Waals surface area contributed by atoms with E-state index >= 15 is 0 Å². The van der Waals surface area contributed by atoms with Crippen LogP contribution in [0.4, 0.5) is 0 Å². The molecule has 10 aromatic rings. The lowest BCUT2D eigenvalue weighted by molar-refractivity contribution is 1.18. The quantitative estimate of drug-likeness (QED) is 0.195. The summed E-state index contributed by atoms with van der Waals surface area (Å²) in [5.74, 6) is 0. The average molecular weight is 585 g/mol. The summed E-state index contributed by atoms with van der Waals surface area (Å²) < 4.78 is 4.85. The summed E-state index contributed by atoms with van der Waals surface area (Å²) in [6.45, 7) is 0. The molecule has 0 amide bonds. The highest BCUT2D eigenvalue weighted by molar-refractivity contribution is 6.19. The first-order valence-corrected chi connectivity index (χ1v) is 15.9. The van der Waals surface area contributed by atoms with Crippen molar-refractivity contribution in [2.24, 2.45) is 0 Å². The molecular weight excluding hydrogens is 556 g/mol. The van der Waals surface area contributed by atoms with E-state index in [9.17, 15) is 0 Å². The van der Waals surface area contributed by atoms with Gasteiger partial charge in [0.05, 0.1) is 22.1 Å². The van der Waals surface area contributed by atoms with Crippen LogP contribution in [0.3, 0.4) is 0 Å². The molecule has 0 spiro atoms. The summed E-state index contributed by atoms with van der Waals surface area (Å²) in [5.41, 5.74) is 9.71. The third-order valence-electron chi connectivity index (χ3n) is 9.70. The van der Waals surface area contributed by atoms with Crippen LogP contribution in [0.25, 0.3) is 87.7 Å². The maximum atomic E-state index is 2.42. The Bertz CT molecular complexity index is 2580. The van der Waals surface area contributed by atoms with Crippen molar-refractivity contribution < 1.29 is 0 Å². The smallest absolute Gasteiger partial charge is 0.0619 e. The van der Waals surface area contributed by atoms with E-state index in [0.29, 0.717) is 0 Å². The summed E-state index contributed by atoms with van der Waals surface area (Å²) in [6, 6.07) is 61.9. The van der Waals surface area contributed by atoms with E-state index in [2.05, 4.69) is 179 Å². The summed E-state index contributed by atoms with van der Waals surface area (Å²) >= 11 is 0. The molecule has 2 heterocycles. The van der Waals surface area contributed by atoms with Gasteiger partial charge in [-0.25, -0.2) is 0 Å². The van der Waals surface area contributed by atoms with E-state index in [0.717, 1.165) is 0 Å². The van der Waals surface area contributed by atoms with Crippen LogP contribution in [0.1, 0.15) is 0 Å². The van der Waals surface area contributed by atoms with E-state index in [-0.39, 0.29) is 0 Å². The van der Waals surface area contributed by atoms with E-state index in [1.807, 2.05) is 0 Å². The molecule has 2 nitrogen and oxygen atoms in total. The maximum Gasteiger partial charge on any atom is 0.0619 e. The molecule has 214 valence electrons. The molecule has 0 unspecified atom stereocenters. The van der Waals surface area contributed by atoms with Crippen molar-refractivity contribution in [3.63, 3.8) is 0 Å². The monoisotopic (exact) mass is 584 g/mol. The van der Waals surface area contributed by atoms with Gasteiger partial charge in [0.2, 0.25) is 0 Å². The number of para-hydroxylation sites is 2. The van der Waals surface area contributed by atoms with Crippen molar-refractivity contribution >= 4 is 65.2 Å². The molecule has 0 saturated heterocycles. The Hall–Kier alpha value is -6.12. The van der Waals surface area contributed by atoms with Crippen molar-refractivity contribution in [2.45, 2.75) is 0 Å². The van der Waals surface area contributed by atoms with Crippen molar-refractivity contribution in [1.82, 2.24) is 9.13 Å². The minimum Gasteiger partial charge on any atom is -0.309 e. The average Bonchev–Trinajstić information content (AvgIpc) is 3.66. The largest absolute Gasteiger partial charge is 0.309 e. The van der Waals surface area contributed by atoms with Crippen LogP contribution >= 0.6 is 0 Å². The van der Waals surface area contributed by atoms with Crippen molar-refractivity contribution in [3.8, 4) is 22.5 Å². The number of benzene rings is 8.